The lowest BCUT2D eigenvalue weighted by Gasteiger charge is -2.10. The maximum atomic E-state index is 11.8. The summed E-state index contributed by atoms with van der Waals surface area (Å²) in [5, 5.41) is 2.80. The van der Waals surface area contributed by atoms with E-state index in [4.69, 9.17) is 15.2 Å². The van der Waals surface area contributed by atoms with Crippen molar-refractivity contribution in [1.29, 1.82) is 0 Å². The third-order valence-corrected chi connectivity index (χ3v) is 3.46. The van der Waals surface area contributed by atoms with Gasteiger partial charge in [-0.25, -0.2) is 9.78 Å². The highest BCUT2D eigenvalue weighted by Crippen LogP contribution is 2.24. The first kappa shape index (κ1) is 14.3. The highest BCUT2D eigenvalue weighted by Gasteiger charge is 2.14. The number of carbonyl (C=O) groups is 1. The number of nitrogens with two attached hydrogens (primary N) is 1. The smallest absolute Gasteiger partial charge is 0.341 e. The van der Waals surface area contributed by atoms with Gasteiger partial charge >= 0.3 is 5.97 Å². The fourth-order valence-corrected chi connectivity index (χ4v) is 2.33. The second-order valence-corrected chi connectivity index (χ2v) is 5.09. The normalized spacial score (nSPS) is 10.3. The summed E-state index contributed by atoms with van der Waals surface area (Å²) in [5.41, 5.74) is 7.58. The molecule has 1 aromatic heterocycles. The number of carbonyl (C=O) groups excluding carboxylic acids is 1. The van der Waals surface area contributed by atoms with Crippen LogP contribution in [0.2, 0.25) is 0 Å². The van der Waals surface area contributed by atoms with Crippen LogP contribution >= 0.6 is 11.3 Å². The summed E-state index contributed by atoms with van der Waals surface area (Å²) in [4.78, 5) is 16.1. The molecular weight excluding hydrogens is 276 g/mol. The molecule has 5 nitrogen and oxygen atoms in total. The molecule has 2 N–H and O–H groups in total. The van der Waals surface area contributed by atoms with Gasteiger partial charge in [0.15, 0.2) is 0 Å². The zero-order valence-corrected chi connectivity index (χ0v) is 12.2. The lowest BCUT2D eigenvalue weighted by molar-refractivity contribution is 0.0521. The van der Waals surface area contributed by atoms with Gasteiger partial charge in [0, 0.05) is 22.8 Å². The van der Waals surface area contributed by atoms with E-state index in [0.717, 1.165) is 10.7 Å². The number of nitrogens with zero attached hydrogens (tertiary/aromatic N) is 1. The van der Waals surface area contributed by atoms with Crippen molar-refractivity contribution in [2.75, 3.05) is 12.3 Å². The summed E-state index contributed by atoms with van der Waals surface area (Å²) >= 11 is 1.51. The van der Waals surface area contributed by atoms with Crippen LogP contribution in [0.3, 0.4) is 0 Å². The molecule has 0 atom stereocenters. The Morgan fingerprint density at radius 2 is 2.25 bits per heavy atom. The number of rotatable bonds is 5. The second-order valence-electron chi connectivity index (χ2n) is 4.15. The quantitative estimate of drug-likeness (QED) is 0.677. The Morgan fingerprint density at radius 1 is 1.45 bits per heavy atom. The van der Waals surface area contributed by atoms with Crippen LogP contribution in [0.25, 0.3) is 0 Å². The fourth-order valence-electron chi connectivity index (χ4n) is 1.64. The molecule has 106 valence electrons. The fraction of sp³-hybridized carbons (Fsp3) is 0.286. The number of hydrogen-bond donors (Lipinski definition) is 1. The third-order valence-electron chi connectivity index (χ3n) is 2.52. The van der Waals surface area contributed by atoms with Crippen molar-refractivity contribution in [3.05, 3.63) is 39.8 Å². The van der Waals surface area contributed by atoms with E-state index in [0.29, 0.717) is 30.2 Å². The van der Waals surface area contributed by atoms with Crippen LogP contribution in [-0.2, 0) is 11.3 Å². The van der Waals surface area contributed by atoms with E-state index in [2.05, 4.69) is 4.98 Å². The van der Waals surface area contributed by atoms with Gasteiger partial charge in [-0.3, -0.25) is 0 Å². The van der Waals surface area contributed by atoms with Gasteiger partial charge in [0.2, 0.25) is 0 Å². The molecule has 0 saturated heterocycles. The van der Waals surface area contributed by atoms with E-state index in [1.54, 1.807) is 25.1 Å². The predicted molar refractivity (Wildman–Crippen MR) is 78.0 cm³/mol. The van der Waals surface area contributed by atoms with Crippen LogP contribution in [0.1, 0.15) is 28.0 Å². The minimum atomic E-state index is -0.419. The summed E-state index contributed by atoms with van der Waals surface area (Å²) in [6.45, 7) is 4.29. The molecular formula is C14H16N2O3S. The summed E-state index contributed by atoms with van der Waals surface area (Å²) < 4.78 is 10.6. The van der Waals surface area contributed by atoms with Gasteiger partial charge < -0.3 is 15.2 Å². The van der Waals surface area contributed by atoms with Gasteiger partial charge in [-0.1, -0.05) is 0 Å². The molecule has 1 heterocycles. The lowest BCUT2D eigenvalue weighted by Crippen LogP contribution is -2.08. The molecule has 0 bridgehead atoms. The van der Waals surface area contributed by atoms with E-state index in [1.165, 1.54) is 11.3 Å². The summed E-state index contributed by atoms with van der Waals surface area (Å²) in [6, 6.07) is 4.87. The SMILES string of the molecule is CCOC(=O)c1ccc(N)cc1OCc1nc(C)cs1. The first-order valence-corrected chi connectivity index (χ1v) is 7.08. The molecule has 0 aliphatic carbocycles. The molecule has 2 rings (SSSR count). The average Bonchev–Trinajstić information content (AvgIpc) is 2.82. The van der Waals surface area contributed by atoms with Crippen LogP contribution in [0.15, 0.2) is 23.6 Å². The van der Waals surface area contributed by atoms with Crippen LogP contribution in [0.5, 0.6) is 5.75 Å². The molecule has 1 aromatic carbocycles. The number of aryl methyl sites for hydroxylation is 1. The molecule has 0 amide bonds. The third kappa shape index (κ3) is 3.48. The molecule has 0 spiro atoms. The summed E-state index contributed by atoms with van der Waals surface area (Å²) in [6.07, 6.45) is 0. The van der Waals surface area contributed by atoms with Crippen LogP contribution < -0.4 is 10.5 Å². The van der Waals surface area contributed by atoms with Gasteiger partial charge in [0.1, 0.15) is 22.9 Å². The number of aromatic nitrogens is 1. The lowest BCUT2D eigenvalue weighted by atomic mass is 10.2. The molecule has 0 radical (unpaired) electrons. The molecule has 0 saturated carbocycles. The number of esters is 1. The number of thiazole rings is 1. The van der Waals surface area contributed by atoms with E-state index in [1.807, 2.05) is 12.3 Å². The minimum Gasteiger partial charge on any atom is -0.485 e. The first-order chi connectivity index (χ1) is 9.60. The van der Waals surface area contributed by atoms with Crippen molar-refractivity contribution in [3.8, 4) is 5.75 Å². The standard InChI is InChI=1S/C14H16N2O3S/c1-3-18-14(17)11-5-4-10(15)6-12(11)19-7-13-16-9(2)8-20-13/h4-6,8H,3,7,15H2,1-2H3. The molecule has 0 unspecified atom stereocenters. The van der Waals surface area contributed by atoms with Gasteiger partial charge in [-0.2, -0.15) is 0 Å². The Labute approximate surface area is 121 Å². The highest BCUT2D eigenvalue weighted by atomic mass is 32.1. The molecule has 6 heteroatoms. The average molecular weight is 292 g/mol. The molecule has 0 aliphatic rings. The monoisotopic (exact) mass is 292 g/mol. The van der Waals surface area contributed by atoms with Crippen molar-refractivity contribution in [2.24, 2.45) is 0 Å². The van der Waals surface area contributed by atoms with E-state index in [-0.39, 0.29) is 0 Å². The number of anilines is 1. The number of hydrogen-bond acceptors (Lipinski definition) is 6. The molecule has 0 fully saturated rings. The Bertz CT molecular complexity index is 610. The highest BCUT2D eigenvalue weighted by molar-refractivity contribution is 7.09. The zero-order valence-electron chi connectivity index (χ0n) is 11.4. The number of benzene rings is 1. The summed E-state index contributed by atoms with van der Waals surface area (Å²) in [7, 11) is 0. The van der Waals surface area contributed by atoms with Crippen molar-refractivity contribution >= 4 is 23.0 Å². The topological polar surface area (TPSA) is 74.4 Å². The second kappa shape index (κ2) is 6.38. The largest absolute Gasteiger partial charge is 0.485 e. The van der Waals surface area contributed by atoms with Crippen molar-refractivity contribution in [2.45, 2.75) is 20.5 Å². The van der Waals surface area contributed by atoms with Gasteiger partial charge in [0.05, 0.1) is 6.61 Å². The van der Waals surface area contributed by atoms with Gasteiger partial charge in [0.25, 0.3) is 0 Å². The van der Waals surface area contributed by atoms with Crippen LogP contribution in [0.4, 0.5) is 5.69 Å². The van der Waals surface area contributed by atoms with E-state index >= 15 is 0 Å². The van der Waals surface area contributed by atoms with E-state index < -0.39 is 5.97 Å². The van der Waals surface area contributed by atoms with E-state index in [9.17, 15) is 4.79 Å². The Morgan fingerprint density at radius 3 is 2.90 bits per heavy atom. The summed E-state index contributed by atoms with van der Waals surface area (Å²) in [5.74, 6) is -0.00544. The molecule has 20 heavy (non-hydrogen) atoms. The molecule has 0 aliphatic heterocycles. The van der Waals surface area contributed by atoms with Crippen molar-refractivity contribution in [3.63, 3.8) is 0 Å². The van der Waals surface area contributed by atoms with Crippen LogP contribution in [-0.4, -0.2) is 17.6 Å². The van der Waals surface area contributed by atoms with Gasteiger partial charge in [-0.05, 0) is 26.0 Å². The Hall–Kier alpha value is -2.08. The maximum Gasteiger partial charge on any atom is 0.341 e. The first-order valence-electron chi connectivity index (χ1n) is 6.20. The Kier molecular flexibility index (Phi) is 4.57. The van der Waals surface area contributed by atoms with Crippen molar-refractivity contribution in [1.82, 2.24) is 4.98 Å². The number of nitrogen functional groups attached to an aromatic ring is 1. The predicted octanol–water partition coefficient (Wildman–Crippen LogP) is 2.79. The van der Waals surface area contributed by atoms with Gasteiger partial charge in [-0.15, -0.1) is 11.3 Å². The minimum absolute atomic E-state index is 0.300. The molecule has 2 aromatic rings. The van der Waals surface area contributed by atoms with Crippen LogP contribution in [0, 0.1) is 6.92 Å². The zero-order chi connectivity index (χ0) is 14.5. The number of ether oxygens (including phenoxy) is 2. The Balaban J connectivity index is 2.16. The maximum absolute atomic E-state index is 11.8. The van der Waals surface area contributed by atoms with Crippen molar-refractivity contribution < 1.29 is 14.3 Å².